The number of hydrogen-bond donors (Lipinski definition) is 1. The van der Waals surface area contributed by atoms with Crippen LogP contribution in [0.1, 0.15) is 43.2 Å². The van der Waals surface area contributed by atoms with E-state index >= 15 is 0 Å². The lowest BCUT2D eigenvalue weighted by atomic mass is 9.69. The van der Waals surface area contributed by atoms with Crippen molar-refractivity contribution in [1.29, 1.82) is 0 Å². The molecule has 0 saturated heterocycles. The highest BCUT2D eigenvalue weighted by molar-refractivity contribution is 5.91. The fourth-order valence-corrected chi connectivity index (χ4v) is 3.33. The number of carbonyl (C=O) groups is 1. The number of ketones is 1. The molecule has 3 heteroatoms. The summed E-state index contributed by atoms with van der Waals surface area (Å²) in [7, 11) is 0. The maximum Gasteiger partial charge on any atom is 0.146 e. The highest BCUT2D eigenvalue weighted by Crippen LogP contribution is 2.45. The van der Waals surface area contributed by atoms with Crippen LogP contribution in [-0.2, 0) is 11.2 Å². The third-order valence-corrected chi connectivity index (χ3v) is 4.69. The SMILES string of the molecule is Cc1ccc(CC2(C(=O)C3CC3)C=C(O)CCC2)cc1F. The van der Waals surface area contributed by atoms with Gasteiger partial charge in [-0.05, 0) is 62.3 Å². The summed E-state index contributed by atoms with van der Waals surface area (Å²) in [5, 5.41) is 9.91. The number of benzene rings is 1. The molecule has 1 saturated carbocycles. The lowest BCUT2D eigenvalue weighted by molar-refractivity contribution is -0.128. The Hall–Kier alpha value is -1.64. The minimum atomic E-state index is -0.634. The maximum atomic E-state index is 13.8. The van der Waals surface area contributed by atoms with Gasteiger partial charge in [0, 0.05) is 12.3 Å². The molecule has 0 aliphatic heterocycles. The van der Waals surface area contributed by atoms with Gasteiger partial charge in [0.1, 0.15) is 11.6 Å². The molecule has 21 heavy (non-hydrogen) atoms. The Morgan fingerprint density at radius 1 is 1.43 bits per heavy atom. The summed E-state index contributed by atoms with van der Waals surface area (Å²) in [5.41, 5.74) is 0.812. The van der Waals surface area contributed by atoms with Gasteiger partial charge in [-0.15, -0.1) is 0 Å². The van der Waals surface area contributed by atoms with Crippen LogP contribution in [0, 0.1) is 24.1 Å². The van der Waals surface area contributed by atoms with Crippen LogP contribution in [0.4, 0.5) is 4.39 Å². The highest BCUT2D eigenvalue weighted by atomic mass is 19.1. The van der Waals surface area contributed by atoms with Gasteiger partial charge < -0.3 is 5.11 Å². The number of hydrogen-bond acceptors (Lipinski definition) is 2. The minimum absolute atomic E-state index is 0.141. The molecule has 1 N–H and O–H groups in total. The summed E-state index contributed by atoms with van der Waals surface area (Å²) in [6, 6.07) is 5.17. The van der Waals surface area contributed by atoms with Crippen molar-refractivity contribution in [2.75, 3.05) is 0 Å². The molecule has 1 aromatic carbocycles. The van der Waals surface area contributed by atoms with Gasteiger partial charge in [0.15, 0.2) is 0 Å². The highest BCUT2D eigenvalue weighted by Gasteiger charge is 2.45. The first kappa shape index (κ1) is 14.3. The average Bonchev–Trinajstić information content (AvgIpc) is 3.26. The van der Waals surface area contributed by atoms with Crippen molar-refractivity contribution in [2.24, 2.45) is 11.3 Å². The minimum Gasteiger partial charge on any atom is -0.513 e. The molecule has 1 unspecified atom stereocenters. The number of Topliss-reactive ketones (excluding diaryl/α,β-unsaturated/α-hetero) is 1. The Kier molecular flexibility index (Phi) is 3.60. The lowest BCUT2D eigenvalue weighted by Gasteiger charge is -2.33. The molecule has 1 atom stereocenters. The van der Waals surface area contributed by atoms with E-state index in [2.05, 4.69) is 0 Å². The van der Waals surface area contributed by atoms with E-state index in [9.17, 15) is 14.3 Å². The van der Waals surface area contributed by atoms with Gasteiger partial charge in [0.2, 0.25) is 0 Å². The zero-order valence-corrected chi connectivity index (χ0v) is 12.4. The number of rotatable bonds is 4. The summed E-state index contributed by atoms with van der Waals surface area (Å²) in [6.07, 6.45) is 6.35. The van der Waals surface area contributed by atoms with Crippen LogP contribution in [0.2, 0.25) is 0 Å². The molecule has 0 radical (unpaired) electrons. The third kappa shape index (κ3) is 2.87. The second-order valence-electron chi connectivity index (χ2n) is 6.54. The van der Waals surface area contributed by atoms with E-state index in [-0.39, 0.29) is 17.5 Å². The van der Waals surface area contributed by atoms with E-state index in [1.807, 2.05) is 6.07 Å². The average molecular weight is 288 g/mol. The molecule has 1 fully saturated rings. The zero-order valence-electron chi connectivity index (χ0n) is 12.4. The molecule has 112 valence electrons. The molecule has 1 aromatic rings. The van der Waals surface area contributed by atoms with E-state index in [1.165, 1.54) is 6.07 Å². The number of aliphatic hydroxyl groups excluding tert-OH is 1. The predicted molar refractivity (Wildman–Crippen MR) is 79.6 cm³/mol. The Morgan fingerprint density at radius 3 is 2.81 bits per heavy atom. The van der Waals surface area contributed by atoms with Gasteiger partial charge in [-0.1, -0.05) is 12.1 Å². The molecular formula is C18H21FO2. The first-order chi connectivity index (χ1) is 10.00. The Morgan fingerprint density at radius 2 is 2.19 bits per heavy atom. The van der Waals surface area contributed by atoms with Gasteiger partial charge >= 0.3 is 0 Å². The van der Waals surface area contributed by atoms with Crippen LogP contribution in [-0.4, -0.2) is 10.9 Å². The summed E-state index contributed by atoms with van der Waals surface area (Å²) in [6.45, 7) is 1.73. The smallest absolute Gasteiger partial charge is 0.146 e. The Labute approximate surface area is 124 Å². The van der Waals surface area contributed by atoms with Gasteiger partial charge in [0.25, 0.3) is 0 Å². The Balaban J connectivity index is 1.93. The second kappa shape index (κ2) is 5.28. The number of allylic oxidation sites excluding steroid dienone is 2. The normalized spacial score (nSPS) is 25.5. The first-order valence-electron chi connectivity index (χ1n) is 7.70. The number of carbonyl (C=O) groups excluding carboxylic acids is 1. The Bertz CT molecular complexity index is 601. The van der Waals surface area contributed by atoms with Crippen molar-refractivity contribution in [3.05, 3.63) is 47.0 Å². The van der Waals surface area contributed by atoms with Crippen LogP contribution in [0.3, 0.4) is 0 Å². The molecule has 0 aromatic heterocycles. The van der Waals surface area contributed by atoms with Crippen molar-refractivity contribution < 1.29 is 14.3 Å². The molecule has 0 spiro atoms. The molecule has 2 nitrogen and oxygen atoms in total. The lowest BCUT2D eigenvalue weighted by Crippen LogP contribution is -2.35. The van der Waals surface area contributed by atoms with E-state index < -0.39 is 5.41 Å². The predicted octanol–water partition coefficient (Wildman–Crippen LogP) is 4.27. The molecule has 3 rings (SSSR count). The molecule has 2 aliphatic carbocycles. The molecule has 0 amide bonds. The largest absolute Gasteiger partial charge is 0.513 e. The van der Waals surface area contributed by atoms with Gasteiger partial charge in [-0.3, -0.25) is 4.79 Å². The standard InChI is InChI=1S/C18H21FO2/c1-12-4-5-13(9-16(12)19)10-18(17(21)14-6-7-14)8-2-3-15(20)11-18/h4-5,9,11,14,20H,2-3,6-8,10H2,1H3. The van der Waals surface area contributed by atoms with Crippen molar-refractivity contribution in [1.82, 2.24) is 0 Å². The van der Waals surface area contributed by atoms with Crippen LogP contribution >= 0.6 is 0 Å². The van der Waals surface area contributed by atoms with E-state index in [4.69, 9.17) is 0 Å². The van der Waals surface area contributed by atoms with E-state index in [1.54, 1.807) is 19.1 Å². The monoisotopic (exact) mass is 288 g/mol. The van der Waals surface area contributed by atoms with Crippen molar-refractivity contribution >= 4 is 5.78 Å². The molecule has 0 bridgehead atoms. The summed E-state index contributed by atoms with van der Waals surface area (Å²) in [4.78, 5) is 12.7. The third-order valence-electron chi connectivity index (χ3n) is 4.69. The van der Waals surface area contributed by atoms with Crippen molar-refractivity contribution in [3.8, 4) is 0 Å². The van der Waals surface area contributed by atoms with Crippen LogP contribution < -0.4 is 0 Å². The summed E-state index contributed by atoms with van der Waals surface area (Å²) >= 11 is 0. The fraction of sp³-hybridized carbons (Fsp3) is 0.500. The number of aryl methyl sites for hydroxylation is 1. The topological polar surface area (TPSA) is 37.3 Å². The maximum absolute atomic E-state index is 13.8. The molecular weight excluding hydrogens is 267 g/mol. The second-order valence-corrected chi connectivity index (χ2v) is 6.54. The number of aliphatic hydroxyl groups is 1. The van der Waals surface area contributed by atoms with Gasteiger partial charge in [-0.25, -0.2) is 4.39 Å². The van der Waals surface area contributed by atoms with E-state index in [0.29, 0.717) is 24.2 Å². The van der Waals surface area contributed by atoms with E-state index in [0.717, 1.165) is 31.2 Å². The van der Waals surface area contributed by atoms with Crippen molar-refractivity contribution in [2.45, 2.75) is 45.4 Å². The molecule has 0 heterocycles. The zero-order chi connectivity index (χ0) is 15.0. The fourth-order valence-electron chi connectivity index (χ4n) is 3.33. The first-order valence-corrected chi connectivity index (χ1v) is 7.70. The van der Waals surface area contributed by atoms with Crippen LogP contribution in [0.15, 0.2) is 30.0 Å². The van der Waals surface area contributed by atoms with Crippen LogP contribution in [0.5, 0.6) is 0 Å². The molecule has 2 aliphatic rings. The van der Waals surface area contributed by atoms with Crippen molar-refractivity contribution in [3.63, 3.8) is 0 Å². The number of halogens is 1. The van der Waals surface area contributed by atoms with Gasteiger partial charge in [-0.2, -0.15) is 0 Å². The summed E-state index contributed by atoms with van der Waals surface area (Å²) in [5.74, 6) is 0.450. The summed E-state index contributed by atoms with van der Waals surface area (Å²) < 4.78 is 13.8. The van der Waals surface area contributed by atoms with Crippen LogP contribution in [0.25, 0.3) is 0 Å². The van der Waals surface area contributed by atoms with Gasteiger partial charge in [0.05, 0.1) is 11.2 Å². The quantitative estimate of drug-likeness (QED) is 0.898.